The van der Waals surface area contributed by atoms with E-state index in [-0.39, 0.29) is 0 Å². The molecule has 62 valence electrons. The Hall–Kier alpha value is -1.07. The Balaban J connectivity index is 2.65. The molecule has 0 amide bonds. The third-order valence-corrected chi connectivity index (χ3v) is 0.972. The van der Waals surface area contributed by atoms with Crippen molar-refractivity contribution in [2.24, 2.45) is 0 Å². The predicted octanol–water partition coefficient (Wildman–Crippen LogP) is 1.15. The normalized spacial score (nSPS) is 12.0. The molecular formula is C5H6F3N3. The summed E-state index contributed by atoms with van der Waals surface area (Å²) in [6.07, 6.45) is -2.96. The van der Waals surface area contributed by atoms with E-state index in [0.717, 1.165) is 0 Å². The molecule has 3 nitrogen and oxygen atoms in total. The summed E-state index contributed by atoms with van der Waals surface area (Å²) in [6.45, 7) is 0.459. The summed E-state index contributed by atoms with van der Waals surface area (Å²) in [4.78, 5) is 0.620. The summed E-state index contributed by atoms with van der Waals surface area (Å²) in [7, 11) is 0. The molecule has 11 heavy (non-hydrogen) atoms. The highest BCUT2D eigenvalue weighted by Crippen LogP contribution is 2.15. The summed E-state index contributed by atoms with van der Waals surface area (Å²) in [5.74, 6) is 0. The van der Waals surface area contributed by atoms with E-state index in [0.29, 0.717) is 10.5 Å². The van der Waals surface area contributed by atoms with E-state index in [1.807, 2.05) is 0 Å². The molecule has 0 bridgehead atoms. The van der Waals surface area contributed by atoms with Gasteiger partial charge in [-0.25, -0.2) is 0 Å². The van der Waals surface area contributed by atoms with Gasteiger partial charge >= 0.3 is 6.18 Å². The van der Waals surface area contributed by atoms with E-state index < -0.39 is 12.7 Å². The smallest absolute Gasteiger partial charge is 0.175 e. The average molecular weight is 165 g/mol. The molecule has 0 aliphatic carbocycles. The number of hydrogen-bond acceptors (Lipinski definition) is 2. The highest BCUT2D eigenvalue weighted by molar-refractivity contribution is 4.84. The minimum Gasteiger partial charge on any atom is -0.175 e. The zero-order valence-corrected chi connectivity index (χ0v) is 5.76. The van der Waals surface area contributed by atoms with Crippen molar-refractivity contribution < 1.29 is 13.2 Å². The first-order valence-corrected chi connectivity index (χ1v) is 2.91. The third kappa shape index (κ3) is 2.57. The van der Waals surface area contributed by atoms with Crippen molar-refractivity contribution in [3.05, 3.63) is 11.9 Å². The zero-order valence-electron chi connectivity index (χ0n) is 5.76. The molecule has 1 aromatic rings. The van der Waals surface area contributed by atoms with Gasteiger partial charge in [0.05, 0.1) is 11.9 Å². The molecule has 0 fully saturated rings. The molecule has 0 aliphatic rings. The summed E-state index contributed by atoms with van der Waals surface area (Å²) in [6, 6.07) is 0. The Bertz CT molecular complexity index is 239. The maximum absolute atomic E-state index is 11.6. The van der Waals surface area contributed by atoms with Crippen LogP contribution in [-0.2, 0) is 6.54 Å². The number of aryl methyl sites for hydroxylation is 1. The van der Waals surface area contributed by atoms with Gasteiger partial charge in [0.1, 0.15) is 0 Å². The Morgan fingerprint density at radius 1 is 1.55 bits per heavy atom. The summed E-state index contributed by atoms with van der Waals surface area (Å²) in [5, 5.41) is 6.87. The molecular weight excluding hydrogens is 159 g/mol. The lowest BCUT2D eigenvalue weighted by molar-refractivity contribution is -0.144. The highest BCUT2D eigenvalue weighted by atomic mass is 19.4. The van der Waals surface area contributed by atoms with Gasteiger partial charge in [-0.05, 0) is 6.92 Å². The molecule has 0 atom stereocenters. The molecule has 0 unspecified atom stereocenters. The van der Waals surface area contributed by atoms with Gasteiger partial charge in [-0.2, -0.15) is 28.2 Å². The molecule has 1 rings (SSSR count). The quantitative estimate of drug-likeness (QED) is 0.624. The number of aromatic nitrogens is 3. The van der Waals surface area contributed by atoms with Crippen molar-refractivity contribution in [2.75, 3.05) is 0 Å². The standard InChI is InChI=1S/C5H6F3N3/c1-4-2-9-11(10-4)3-5(6,7)8/h2H,3H2,1H3. The molecule has 0 N–H and O–H groups in total. The fourth-order valence-electron chi connectivity index (χ4n) is 0.620. The first kappa shape index (κ1) is 8.03. The van der Waals surface area contributed by atoms with Gasteiger partial charge in [-0.1, -0.05) is 0 Å². The molecule has 0 aliphatic heterocycles. The summed E-state index contributed by atoms with van der Waals surface area (Å²) < 4.78 is 34.9. The topological polar surface area (TPSA) is 30.7 Å². The van der Waals surface area contributed by atoms with E-state index in [1.54, 1.807) is 6.92 Å². The Labute approximate surface area is 60.8 Å². The highest BCUT2D eigenvalue weighted by Gasteiger charge is 2.28. The van der Waals surface area contributed by atoms with Crippen LogP contribution < -0.4 is 0 Å². The lowest BCUT2D eigenvalue weighted by Gasteiger charge is -2.03. The van der Waals surface area contributed by atoms with Gasteiger partial charge in [-0.3, -0.25) is 0 Å². The number of nitrogens with zero attached hydrogens (tertiary/aromatic N) is 3. The van der Waals surface area contributed by atoms with Crippen molar-refractivity contribution in [1.29, 1.82) is 0 Å². The molecule has 0 saturated heterocycles. The van der Waals surface area contributed by atoms with E-state index in [4.69, 9.17) is 0 Å². The molecule has 1 heterocycles. The van der Waals surface area contributed by atoms with Crippen LogP contribution in [0.3, 0.4) is 0 Å². The van der Waals surface area contributed by atoms with Gasteiger partial charge in [0, 0.05) is 0 Å². The lowest BCUT2D eigenvalue weighted by atomic mass is 10.6. The Morgan fingerprint density at radius 3 is 2.55 bits per heavy atom. The van der Waals surface area contributed by atoms with Crippen molar-refractivity contribution >= 4 is 0 Å². The lowest BCUT2D eigenvalue weighted by Crippen LogP contribution is -2.19. The van der Waals surface area contributed by atoms with E-state index in [2.05, 4.69) is 10.2 Å². The average Bonchev–Trinajstić information content (AvgIpc) is 2.10. The molecule has 0 saturated carbocycles. The van der Waals surface area contributed by atoms with E-state index >= 15 is 0 Å². The van der Waals surface area contributed by atoms with Crippen LogP contribution in [0.25, 0.3) is 0 Å². The molecule has 0 radical (unpaired) electrons. The van der Waals surface area contributed by atoms with Crippen LogP contribution in [0.15, 0.2) is 6.20 Å². The van der Waals surface area contributed by atoms with Gasteiger partial charge in [0.25, 0.3) is 0 Å². The van der Waals surface area contributed by atoms with Crippen molar-refractivity contribution in [3.63, 3.8) is 0 Å². The van der Waals surface area contributed by atoms with Gasteiger partial charge in [-0.15, -0.1) is 0 Å². The Kier molecular flexibility index (Phi) is 1.84. The fourth-order valence-corrected chi connectivity index (χ4v) is 0.620. The van der Waals surface area contributed by atoms with E-state index in [1.165, 1.54) is 6.20 Å². The minimum absolute atomic E-state index is 0.481. The van der Waals surface area contributed by atoms with Crippen molar-refractivity contribution in [3.8, 4) is 0 Å². The summed E-state index contributed by atoms with van der Waals surface area (Å²) >= 11 is 0. The van der Waals surface area contributed by atoms with Crippen LogP contribution in [0.2, 0.25) is 0 Å². The second-order valence-electron chi connectivity index (χ2n) is 2.13. The van der Waals surface area contributed by atoms with Crippen LogP contribution >= 0.6 is 0 Å². The van der Waals surface area contributed by atoms with Gasteiger partial charge in [0.15, 0.2) is 6.54 Å². The minimum atomic E-state index is -4.24. The second kappa shape index (κ2) is 2.52. The molecule has 0 aromatic carbocycles. The van der Waals surface area contributed by atoms with E-state index in [9.17, 15) is 13.2 Å². The van der Waals surface area contributed by atoms with Crippen molar-refractivity contribution in [1.82, 2.24) is 15.0 Å². The maximum atomic E-state index is 11.6. The third-order valence-electron chi connectivity index (χ3n) is 0.972. The number of rotatable bonds is 1. The first-order chi connectivity index (χ1) is 4.97. The maximum Gasteiger partial charge on any atom is 0.409 e. The number of alkyl halides is 3. The van der Waals surface area contributed by atoms with Crippen LogP contribution in [0, 0.1) is 6.92 Å². The second-order valence-corrected chi connectivity index (χ2v) is 2.13. The Morgan fingerprint density at radius 2 is 2.18 bits per heavy atom. The molecule has 6 heteroatoms. The number of hydrogen-bond donors (Lipinski definition) is 0. The van der Waals surface area contributed by atoms with Gasteiger partial charge < -0.3 is 0 Å². The van der Waals surface area contributed by atoms with Crippen LogP contribution in [0.5, 0.6) is 0 Å². The molecule has 1 aromatic heterocycles. The first-order valence-electron chi connectivity index (χ1n) is 2.91. The number of halogens is 3. The van der Waals surface area contributed by atoms with Crippen LogP contribution in [0.1, 0.15) is 5.69 Å². The predicted molar refractivity (Wildman–Crippen MR) is 30.8 cm³/mol. The van der Waals surface area contributed by atoms with Crippen LogP contribution in [-0.4, -0.2) is 21.2 Å². The largest absolute Gasteiger partial charge is 0.409 e. The summed E-state index contributed by atoms with van der Waals surface area (Å²) in [5.41, 5.74) is 0.481. The monoisotopic (exact) mass is 165 g/mol. The zero-order chi connectivity index (χ0) is 8.48. The van der Waals surface area contributed by atoms with Gasteiger partial charge in [0.2, 0.25) is 0 Å². The van der Waals surface area contributed by atoms with Crippen molar-refractivity contribution in [2.45, 2.75) is 19.6 Å². The SMILES string of the molecule is Cc1cnn(CC(F)(F)F)n1. The van der Waals surface area contributed by atoms with Crippen LogP contribution in [0.4, 0.5) is 13.2 Å². The molecule has 0 spiro atoms. The fraction of sp³-hybridized carbons (Fsp3) is 0.600.